The SMILES string of the molecule is COc1ccc(NC(=O)[C@H](C)Sc2nnc(-c3cccc(C)c3NC(C)=O)c(=O)[nH]2)cc1. The number of carbonyl (C=O) groups is 2. The number of amides is 2. The van der Waals surface area contributed by atoms with Crippen molar-refractivity contribution >= 4 is 35.0 Å². The van der Waals surface area contributed by atoms with Crippen molar-refractivity contribution in [2.45, 2.75) is 31.2 Å². The highest BCUT2D eigenvalue weighted by Gasteiger charge is 2.19. The zero-order valence-electron chi connectivity index (χ0n) is 18.1. The van der Waals surface area contributed by atoms with Crippen LogP contribution < -0.4 is 20.9 Å². The fourth-order valence-corrected chi connectivity index (χ4v) is 3.64. The lowest BCUT2D eigenvalue weighted by atomic mass is 10.1. The van der Waals surface area contributed by atoms with Gasteiger partial charge in [-0.25, -0.2) is 0 Å². The molecule has 0 aliphatic carbocycles. The third-order valence-electron chi connectivity index (χ3n) is 4.52. The Morgan fingerprint density at radius 2 is 1.81 bits per heavy atom. The second kappa shape index (κ2) is 10.1. The summed E-state index contributed by atoms with van der Waals surface area (Å²) in [7, 11) is 1.57. The molecule has 0 aliphatic rings. The van der Waals surface area contributed by atoms with Crippen molar-refractivity contribution in [2.24, 2.45) is 0 Å². The maximum absolute atomic E-state index is 12.7. The summed E-state index contributed by atoms with van der Waals surface area (Å²) in [5.74, 6) is 0.181. The number of aromatic nitrogens is 3. The van der Waals surface area contributed by atoms with E-state index in [1.54, 1.807) is 50.4 Å². The summed E-state index contributed by atoms with van der Waals surface area (Å²) in [4.78, 5) is 39.4. The predicted octanol–water partition coefficient (Wildman–Crippen LogP) is 3.23. The number of aromatic amines is 1. The van der Waals surface area contributed by atoms with Gasteiger partial charge in [-0.1, -0.05) is 30.0 Å². The Morgan fingerprint density at radius 1 is 1.09 bits per heavy atom. The molecule has 1 atom stereocenters. The molecule has 3 N–H and O–H groups in total. The summed E-state index contributed by atoms with van der Waals surface area (Å²) < 4.78 is 5.10. The molecule has 9 nitrogen and oxygen atoms in total. The number of ether oxygens (including phenoxy) is 1. The van der Waals surface area contributed by atoms with Gasteiger partial charge >= 0.3 is 0 Å². The molecular weight excluding hydrogens is 430 g/mol. The van der Waals surface area contributed by atoms with Crippen molar-refractivity contribution in [3.63, 3.8) is 0 Å². The third-order valence-corrected chi connectivity index (χ3v) is 5.50. The van der Waals surface area contributed by atoms with E-state index >= 15 is 0 Å². The van der Waals surface area contributed by atoms with Crippen LogP contribution in [0.25, 0.3) is 11.3 Å². The zero-order valence-corrected chi connectivity index (χ0v) is 18.9. The fourth-order valence-electron chi connectivity index (χ4n) is 2.90. The molecule has 0 bridgehead atoms. The molecule has 32 heavy (non-hydrogen) atoms. The highest BCUT2D eigenvalue weighted by atomic mass is 32.2. The fraction of sp³-hybridized carbons (Fsp3) is 0.227. The molecule has 3 rings (SSSR count). The minimum atomic E-state index is -0.540. The van der Waals surface area contributed by atoms with Gasteiger partial charge in [-0.05, 0) is 43.7 Å². The van der Waals surface area contributed by atoms with Crippen molar-refractivity contribution in [3.05, 3.63) is 58.4 Å². The second-order valence-corrected chi connectivity index (χ2v) is 8.29. The van der Waals surface area contributed by atoms with Crippen molar-refractivity contribution in [1.82, 2.24) is 15.2 Å². The summed E-state index contributed by atoms with van der Waals surface area (Å²) in [5, 5.41) is 13.3. The lowest BCUT2D eigenvalue weighted by Crippen LogP contribution is -2.23. The number of aryl methyl sites for hydroxylation is 1. The van der Waals surface area contributed by atoms with Crippen LogP contribution in [-0.2, 0) is 9.59 Å². The molecule has 3 aromatic rings. The first-order valence-electron chi connectivity index (χ1n) is 9.74. The molecule has 0 saturated carbocycles. The highest BCUT2D eigenvalue weighted by molar-refractivity contribution is 8.00. The van der Waals surface area contributed by atoms with E-state index in [0.717, 1.165) is 17.3 Å². The van der Waals surface area contributed by atoms with Crippen LogP contribution in [0, 0.1) is 6.92 Å². The normalized spacial score (nSPS) is 11.5. The minimum absolute atomic E-state index is 0.0807. The Hall–Kier alpha value is -3.66. The number of benzene rings is 2. The number of rotatable bonds is 7. The molecule has 1 heterocycles. The van der Waals surface area contributed by atoms with Gasteiger partial charge in [0.05, 0.1) is 18.0 Å². The van der Waals surface area contributed by atoms with Crippen LogP contribution in [0.2, 0.25) is 0 Å². The molecule has 166 valence electrons. The average molecular weight is 454 g/mol. The van der Waals surface area contributed by atoms with E-state index < -0.39 is 10.8 Å². The molecule has 1 aromatic heterocycles. The average Bonchev–Trinajstić information content (AvgIpc) is 2.76. The van der Waals surface area contributed by atoms with E-state index in [1.165, 1.54) is 6.92 Å². The van der Waals surface area contributed by atoms with Gasteiger partial charge in [0.25, 0.3) is 5.56 Å². The van der Waals surface area contributed by atoms with E-state index in [0.29, 0.717) is 22.7 Å². The van der Waals surface area contributed by atoms with E-state index in [1.807, 2.05) is 13.0 Å². The molecule has 10 heteroatoms. The molecule has 2 aromatic carbocycles. The summed E-state index contributed by atoms with van der Waals surface area (Å²) >= 11 is 1.08. The topological polar surface area (TPSA) is 126 Å². The molecule has 2 amide bonds. The summed E-state index contributed by atoms with van der Waals surface area (Å²) in [6.07, 6.45) is 0. The highest BCUT2D eigenvalue weighted by Crippen LogP contribution is 2.28. The minimum Gasteiger partial charge on any atom is -0.497 e. The zero-order chi connectivity index (χ0) is 23.3. The first-order valence-corrected chi connectivity index (χ1v) is 10.6. The Labute approximate surface area is 189 Å². The smallest absolute Gasteiger partial charge is 0.278 e. The van der Waals surface area contributed by atoms with Gasteiger partial charge in [-0.3, -0.25) is 19.4 Å². The lowest BCUT2D eigenvalue weighted by Gasteiger charge is -2.13. The number of hydrogen-bond donors (Lipinski definition) is 3. The number of nitrogens with zero attached hydrogens (tertiary/aromatic N) is 2. The van der Waals surface area contributed by atoms with Crippen LogP contribution in [0.15, 0.2) is 52.4 Å². The molecule has 0 unspecified atom stereocenters. The van der Waals surface area contributed by atoms with E-state index in [2.05, 4.69) is 25.8 Å². The van der Waals surface area contributed by atoms with Gasteiger partial charge in [0.2, 0.25) is 11.8 Å². The Bertz CT molecular complexity index is 1190. The van der Waals surface area contributed by atoms with Crippen molar-refractivity contribution in [2.75, 3.05) is 17.7 Å². The Morgan fingerprint density at radius 3 is 2.44 bits per heavy atom. The number of nitrogens with one attached hydrogen (secondary N) is 3. The Kier molecular flexibility index (Phi) is 7.26. The van der Waals surface area contributed by atoms with Crippen LogP contribution >= 0.6 is 11.8 Å². The van der Waals surface area contributed by atoms with E-state index in [4.69, 9.17) is 4.74 Å². The number of carbonyl (C=O) groups excluding carboxylic acids is 2. The monoisotopic (exact) mass is 453 g/mol. The molecule has 0 spiro atoms. The van der Waals surface area contributed by atoms with Crippen LogP contribution in [0.5, 0.6) is 5.75 Å². The van der Waals surface area contributed by atoms with Crippen molar-refractivity contribution in [1.29, 1.82) is 0 Å². The van der Waals surface area contributed by atoms with Gasteiger partial charge < -0.3 is 15.4 Å². The van der Waals surface area contributed by atoms with Gasteiger partial charge in [-0.15, -0.1) is 10.2 Å². The summed E-state index contributed by atoms with van der Waals surface area (Å²) in [6, 6.07) is 12.2. The van der Waals surface area contributed by atoms with Gasteiger partial charge in [0.1, 0.15) is 5.75 Å². The first-order chi connectivity index (χ1) is 15.3. The molecular formula is C22H23N5O4S. The number of anilines is 2. The van der Waals surface area contributed by atoms with E-state index in [-0.39, 0.29) is 22.7 Å². The number of thioether (sulfide) groups is 1. The molecule has 0 radical (unpaired) electrons. The van der Waals surface area contributed by atoms with Crippen LogP contribution in [0.4, 0.5) is 11.4 Å². The summed E-state index contributed by atoms with van der Waals surface area (Å²) in [6.45, 7) is 4.92. The van der Waals surface area contributed by atoms with Gasteiger partial charge in [0.15, 0.2) is 10.9 Å². The summed E-state index contributed by atoms with van der Waals surface area (Å²) in [5.41, 5.74) is 2.01. The van der Waals surface area contributed by atoms with Gasteiger partial charge in [-0.2, -0.15) is 0 Å². The second-order valence-electron chi connectivity index (χ2n) is 6.96. The Balaban J connectivity index is 1.75. The molecule has 0 saturated heterocycles. The predicted molar refractivity (Wildman–Crippen MR) is 124 cm³/mol. The largest absolute Gasteiger partial charge is 0.497 e. The van der Waals surface area contributed by atoms with Gasteiger partial charge in [0, 0.05) is 18.2 Å². The van der Waals surface area contributed by atoms with Crippen molar-refractivity contribution < 1.29 is 14.3 Å². The van der Waals surface area contributed by atoms with E-state index in [9.17, 15) is 14.4 Å². The maximum atomic E-state index is 12.7. The van der Waals surface area contributed by atoms with Crippen LogP contribution in [0.3, 0.4) is 0 Å². The number of hydrogen-bond acceptors (Lipinski definition) is 7. The standard InChI is InChI=1S/C22H23N5O4S/c1-12-6-5-7-17(18(12)23-14(3)28)19-21(30)25-22(27-26-19)32-13(2)20(29)24-15-8-10-16(31-4)11-9-15/h5-11,13H,1-4H3,(H,23,28)(H,24,29)(H,25,27,30)/t13-/m0/s1. The van der Waals surface area contributed by atoms with Crippen molar-refractivity contribution in [3.8, 4) is 17.0 Å². The number of methoxy groups -OCH3 is 1. The van der Waals surface area contributed by atoms with Crippen LogP contribution in [0.1, 0.15) is 19.4 Å². The van der Waals surface area contributed by atoms with Crippen LogP contribution in [-0.4, -0.2) is 39.4 Å². The quantitative estimate of drug-likeness (QED) is 0.469. The molecule has 0 aliphatic heterocycles. The maximum Gasteiger partial charge on any atom is 0.278 e. The third kappa shape index (κ3) is 5.52. The lowest BCUT2D eigenvalue weighted by molar-refractivity contribution is -0.115. The molecule has 0 fully saturated rings. The first kappa shape index (κ1) is 23.0. The number of para-hydroxylation sites is 1. The number of H-pyrrole nitrogens is 1.